The lowest BCUT2D eigenvalue weighted by molar-refractivity contribution is -0.149. The van der Waals surface area contributed by atoms with Crippen LogP contribution in [-0.4, -0.2) is 79.3 Å². The molecular weight excluding hydrogens is 679 g/mol. The van der Waals surface area contributed by atoms with Gasteiger partial charge in [0.25, 0.3) is 5.92 Å². The van der Waals surface area contributed by atoms with Crippen molar-refractivity contribution in [3.8, 4) is 0 Å². The first-order chi connectivity index (χ1) is 23.7. The largest absolute Gasteiger partial charge is 0.385 e. The molecule has 0 amide bonds. The van der Waals surface area contributed by atoms with Crippen molar-refractivity contribution < 1.29 is 8.78 Å². The van der Waals surface area contributed by atoms with Gasteiger partial charge in [0, 0.05) is 72.8 Å². The molecule has 2 aliphatic rings. The van der Waals surface area contributed by atoms with Crippen molar-refractivity contribution in [1.82, 2.24) is 14.2 Å². The van der Waals surface area contributed by atoms with Gasteiger partial charge in [-0.3, -0.25) is 0 Å². The van der Waals surface area contributed by atoms with Gasteiger partial charge >= 0.3 is 0 Å². The number of anilines is 2. The van der Waals surface area contributed by atoms with Gasteiger partial charge in [-0.1, -0.05) is 52.1 Å². The average Bonchev–Trinajstić information content (AvgIpc) is 3.11. The number of unbranched alkanes of at least 4 members (excludes halogenated alkanes) is 1. The highest BCUT2D eigenvalue weighted by molar-refractivity contribution is 7.97. The number of piperazine rings is 1. The van der Waals surface area contributed by atoms with Gasteiger partial charge in [0.15, 0.2) is 0 Å². The molecule has 1 aliphatic carbocycles. The first kappa shape index (κ1) is 39.8. The molecule has 7 nitrogen and oxygen atoms in total. The van der Waals surface area contributed by atoms with E-state index in [1.54, 1.807) is 18.0 Å². The van der Waals surface area contributed by atoms with E-state index in [1.165, 1.54) is 11.0 Å². The zero-order chi connectivity index (χ0) is 35.1. The molecule has 272 valence electrons. The number of nitrogens with one attached hydrogen (secondary N) is 1. The third kappa shape index (κ3) is 11.5. The second-order valence-corrected chi connectivity index (χ2v) is 16.2. The Morgan fingerprint density at radius 3 is 2.35 bits per heavy atom. The van der Waals surface area contributed by atoms with Crippen molar-refractivity contribution in [3.63, 3.8) is 0 Å². The van der Waals surface area contributed by atoms with E-state index in [0.29, 0.717) is 66.0 Å². The number of halogens is 3. The summed E-state index contributed by atoms with van der Waals surface area (Å²) in [5.41, 5.74) is 12.5. The summed E-state index contributed by atoms with van der Waals surface area (Å²) in [7, 11) is 0.392. The number of rotatable bonds is 21. The molecule has 4 rings (SSSR count). The Labute approximate surface area is 304 Å². The lowest BCUT2D eigenvalue weighted by atomic mass is 9.66. The summed E-state index contributed by atoms with van der Waals surface area (Å²) in [5.74, 6) is -2.49. The highest BCUT2D eigenvalue weighted by atomic mass is 35.5. The second-order valence-electron chi connectivity index (χ2n) is 13.2. The van der Waals surface area contributed by atoms with Gasteiger partial charge in [-0.2, -0.15) is 0 Å². The molecule has 1 unspecified atom stereocenters. The van der Waals surface area contributed by atoms with E-state index < -0.39 is 11.3 Å². The van der Waals surface area contributed by atoms with E-state index in [4.69, 9.17) is 23.1 Å². The number of benzene rings is 1. The van der Waals surface area contributed by atoms with Crippen LogP contribution >= 0.6 is 32.1 Å². The summed E-state index contributed by atoms with van der Waals surface area (Å²) < 4.78 is 36.1. The summed E-state index contributed by atoms with van der Waals surface area (Å²) in [6, 6.07) is 11.5. The Kier molecular flexibility index (Phi) is 16.4. The molecule has 1 aromatic carbocycles. The smallest absolute Gasteiger partial charge is 0.278 e. The number of alkyl halides is 2. The second kappa shape index (κ2) is 20.2. The highest BCUT2D eigenvalue weighted by Gasteiger charge is 2.54. The summed E-state index contributed by atoms with van der Waals surface area (Å²) in [6.45, 7) is 14.9. The molecular formula is C37H57ClF2N7PS. The SMILES string of the molecule is C=CCCCNc1ccc(SN2CCN(c3cc(C(F)(F)C4(CCPC(=C)N(CCCN)CCCN)CCCCC4)cc(Cl)n3)CC2)cc1. The third-order valence-corrected chi connectivity index (χ3v) is 12.3. The van der Waals surface area contributed by atoms with Gasteiger partial charge in [0.1, 0.15) is 11.0 Å². The third-order valence-electron chi connectivity index (χ3n) is 9.76. The van der Waals surface area contributed by atoms with Gasteiger partial charge < -0.3 is 26.6 Å². The number of hydrogen-bond acceptors (Lipinski definition) is 8. The van der Waals surface area contributed by atoms with Crippen LogP contribution in [0.1, 0.15) is 69.8 Å². The Hall–Kier alpha value is -1.94. The molecule has 2 heterocycles. The topological polar surface area (TPSA) is 86.7 Å². The molecule has 1 aliphatic heterocycles. The maximum absolute atomic E-state index is 16.9. The van der Waals surface area contributed by atoms with Gasteiger partial charge in [-0.15, -0.1) is 6.58 Å². The Bertz CT molecular complexity index is 1300. The fourth-order valence-electron chi connectivity index (χ4n) is 6.86. The van der Waals surface area contributed by atoms with Crippen LogP contribution in [0.5, 0.6) is 0 Å². The van der Waals surface area contributed by atoms with Gasteiger partial charge in [0.2, 0.25) is 0 Å². The lowest BCUT2D eigenvalue weighted by Gasteiger charge is -2.44. The van der Waals surface area contributed by atoms with Crippen molar-refractivity contribution >= 4 is 43.6 Å². The van der Waals surface area contributed by atoms with Crippen molar-refractivity contribution in [3.05, 3.63) is 71.8 Å². The van der Waals surface area contributed by atoms with E-state index in [2.05, 4.69) is 61.8 Å². The fourth-order valence-corrected chi connectivity index (χ4v) is 9.30. The van der Waals surface area contributed by atoms with Crippen molar-refractivity contribution in [2.75, 3.05) is 75.3 Å². The summed E-state index contributed by atoms with van der Waals surface area (Å²) >= 11 is 8.22. The van der Waals surface area contributed by atoms with Crippen LogP contribution < -0.4 is 21.7 Å². The van der Waals surface area contributed by atoms with Crippen molar-refractivity contribution in [2.45, 2.75) is 75.0 Å². The van der Waals surface area contributed by atoms with E-state index in [9.17, 15) is 0 Å². The van der Waals surface area contributed by atoms with Crippen LogP contribution in [0.3, 0.4) is 0 Å². The Balaban J connectivity index is 1.38. The van der Waals surface area contributed by atoms with Crippen molar-refractivity contribution in [1.29, 1.82) is 0 Å². The van der Waals surface area contributed by atoms with Crippen molar-refractivity contribution in [2.24, 2.45) is 16.9 Å². The standard InChI is InChI=1S/C37H57ClF2N7PS/c1-3-4-8-20-43-32-11-13-33(14-12-32)49-47-25-23-46(24-26-47)35-29-31(28-34(38)44-35)37(39,40)36(15-6-5-7-16-36)17-27-48-30(2)45(21-9-18-41)22-10-19-42/h3,11-14,28-29,43,48H,1-2,4-10,15-27,41-42H2. The first-order valence-corrected chi connectivity index (χ1v) is 20.3. The minimum atomic E-state index is -3.02. The number of pyridine rings is 1. The molecule has 1 saturated carbocycles. The number of aromatic nitrogens is 1. The van der Waals surface area contributed by atoms with E-state index in [0.717, 1.165) is 88.8 Å². The Morgan fingerprint density at radius 1 is 1.04 bits per heavy atom. The number of hydrogen-bond donors (Lipinski definition) is 3. The molecule has 1 aromatic heterocycles. The maximum atomic E-state index is 16.9. The van der Waals surface area contributed by atoms with Crippen LogP contribution in [0, 0.1) is 5.41 Å². The van der Waals surface area contributed by atoms with Gasteiger partial charge in [0.05, 0.1) is 0 Å². The van der Waals surface area contributed by atoms with E-state index >= 15 is 8.78 Å². The highest BCUT2D eigenvalue weighted by Crippen LogP contribution is 2.57. The normalized spacial score (nSPS) is 17.0. The minimum Gasteiger partial charge on any atom is -0.385 e. The molecule has 1 saturated heterocycles. The zero-order valence-electron chi connectivity index (χ0n) is 29.1. The number of nitrogens with zero attached hydrogens (tertiary/aromatic N) is 4. The first-order valence-electron chi connectivity index (χ1n) is 18.0. The molecule has 0 bridgehead atoms. The summed E-state index contributed by atoms with van der Waals surface area (Å²) in [4.78, 5) is 10.0. The molecule has 0 radical (unpaired) electrons. The van der Waals surface area contributed by atoms with E-state index in [1.807, 2.05) is 6.08 Å². The minimum absolute atomic E-state index is 0.00549. The summed E-state index contributed by atoms with van der Waals surface area (Å²) in [5, 5.41) is 3.57. The summed E-state index contributed by atoms with van der Waals surface area (Å²) in [6.07, 6.45) is 10.6. The van der Waals surface area contributed by atoms with Crippen LogP contribution in [0.15, 0.2) is 66.0 Å². The molecule has 2 aromatic rings. The number of nitrogens with two attached hydrogens (primary N) is 2. The van der Waals surface area contributed by atoms with Gasteiger partial charge in [-0.05, 0) is 113 Å². The molecule has 12 heteroatoms. The maximum Gasteiger partial charge on any atom is 0.278 e. The molecule has 2 fully saturated rings. The predicted molar refractivity (Wildman–Crippen MR) is 209 cm³/mol. The molecule has 0 spiro atoms. The monoisotopic (exact) mass is 735 g/mol. The van der Waals surface area contributed by atoms with Crippen LogP contribution in [0.2, 0.25) is 5.15 Å². The van der Waals surface area contributed by atoms with Crippen LogP contribution in [0.25, 0.3) is 0 Å². The van der Waals surface area contributed by atoms with E-state index in [-0.39, 0.29) is 10.7 Å². The quantitative estimate of drug-likeness (QED) is 0.0387. The Morgan fingerprint density at radius 2 is 1.71 bits per heavy atom. The zero-order valence-corrected chi connectivity index (χ0v) is 31.7. The molecule has 49 heavy (non-hydrogen) atoms. The lowest BCUT2D eigenvalue weighted by Crippen LogP contribution is -2.44. The van der Waals surface area contributed by atoms with Crippen LogP contribution in [-0.2, 0) is 5.92 Å². The molecule has 1 atom stereocenters. The fraction of sp³-hybridized carbons (Fsp3) is 0.595. The average molecular weight is 736 g/mol. The van der Waals surface area contributed by atoms with Crippen LogP contribution in [0.4, 0.5) is 20.3 Å². The predicted octanol–water partition coefficient (Wildman–Crippen LogP) is 8.52. The number of allylic oxidation sites excluding steroid dienone is 1. The molecule has 5 N–H and O–H groups in total. The van der Waals surface area contributed by atoms with Gasteiger partial charge in [-0.25, -0.2) is 18.1 Å².